The molecule has 37 heavy (non-hydrogen) atoms. The van der Waals surface area contributed by atoms with E-state index in [2.05, 4.69) is 17.4 Å². The van der Waals surface area contributed by atoms with Crippen molar-refractivity contribution in [3.63, 3.8) is 0 Å². The molecule has 3 aromatic carbocycles. The molecule has 1 saturated heterocycles. The molecule has 1 aliphatic rings. The van der Waals surface area contributed by atoms with Crippen LogP contribution in [0.3, 0.4) is 0 Å². The zero-order chi connectivity index (χ0) is 25.9. The van der Waals surface area contributed by atoms with Crippen LogP contribution < -0.4 is 5.32 Å². The van der Waals surface area contributed by atoms with Gasteiger partial charge in [-0.3, -0.25) is 4.79 Å². The van der Waals surface area contributed by atoms with Crippen molar-refractivity contribution in [1.29, 1.82) is 0 Å². The first-order valence-electron chi connectivity index (χ1n) is 13.1. The monoisotopic (exact) mass is 502 g/mol. The van der Waals surface area contributed by atoms with E-state index in [4.69, 9.17) is 4.74 Å². The molecule has 0 atom stereocenters. The fourth-order valence-corrected chi connectivity index (χ4v) is 4.87. The highest BCUT2D eigenvalue weighted by molar-refractivity contribution is 5.76. The third-order valence-electron chi connectivity index (χ3n) is 7.06. The summed E-state index contributed by atoms with van der Waals surface area (Å²) in [6.07, 6.45) is 4.45. The van der Waals surface area contributed by atoms with Gasteiger partial charge in [0.25, 0.3) is 0 Å². The van der Waals surface area contributed by atoms with E-state index in [0.29, 0.717) is 45.3 Å². The van der Waals surface area contributed by atoms with Gasteiger partial charge < -0.3 is 15.0 Å². The van der Waals surface area contributed by atoms with E-state index in [0.717, 1.165) is 30.4 Å². The smallest absolute Gasteiger partial charge is 0.408 e. The number of piperidine rings is 1. The lowest BCUT2D eigenvalue weighted by molar-refractivity contribution is -0.135. The van der Waals surface area contributed by atoms with Crippen LogP contribution in [0.4, 0.5) is 9.18 Å². The van der Waals surface area contributed by atoms with Crippen LogP contribution in [-0.2, 0) is 28.0 Å². The fraction of sp³-hybridized carbons (Fsp3) is 0.355. The Kier molecular flexibility index (Phi) is 9.30. The number of ether oxygens (including phenoxy) is 1. The van der Waals surface area contributed by atoms with Crippen LogP contribution in [0, 0.1) is 5.82 Å². The summed E-state index contributed by atoms with van der Waals surface area (Å²) in [5, 5.41) is 2.92. The number of alkyl carbamates (subject to hydrolysis) is 1. The number of carbonyl (C=O) groups is 2. The van der Waals surface area contributed by atoms with Crippen LogP contribution in [0.25, 0.3) is 0 Å². The molecule has 1 heterocycles. The predicted octanol–water partition coefficient (Wildman–Crippen LogP) is 6.03. The standard InChI is InChI=1S/C31H35FN2O3/c32-28-17-14-26(15-18-28)16-19-29(35)34-23-20-31(21-24-34,27-12-5-2-6-13-27)37-30(36)33-22-8-7-11-25-9-3-1-4-10-25/h1-6,9-10,12-15,17-18H,7-8,11,16,19-24H2,(H,33,36). The minimum atomic E-state index is -0.761. The molecule has 4 rings (SSSR count). The van der Waals surface area contributed by atoms with Gasteiger partial charge in [0.2, 0.25) is 5.91 Å². The summed E-state index contributed by atoms with van der Waals surface area (Å²) in [6.45, 7) is 1.59. The lowest BCUT2D eigenvalue weighted by Gasteiger charge is -2.41. The minimum absolute atomic E-state index is 0.0638. The van der Waals surface area contributed by atoms with Crippen LogP contribution >= 0.6 is 0 Å². The van der Waals surface area contributed by atoms with Crippen molar-refractivity contribution in [1.82, 2.24) is 10.2 Å². The van der Waals surface area contributed by atoms with Gasteiger partial charge in [0.1, 0.15) is 11.4 Å². The summed E-state index contributed by atoms with van der Waals surface area (Å²) < 4.78 is 19.2. The van der Waals surface area contributed by atoms with Crippen LogP contribution in [0.2, 0.25) is 0 Å². The molecule has 0 bridgehead atoms. The van der Waals surface area contributed by atoms with E-state index >= 15 is 0 Å². The van der Waals surface area contributed by atoms with Gasteiger partial charge in [-0.1, -0.05) is 72.8 Å². The third kappa shape index (κ3) is 7.66. The topological polar surface area (TPSA) is 58.6 Å². The lowest BCUT2D eigenvalue weighted by atomic mass is 9.84. The van der Waals surface area contributed by atoms with Gasteiger partial charge in [-0.2, -0.15) is 0 Å². The van der Waals surface area contributed by atoms with Crippen molar-refractivity contribution in [2.45, 2.75) is 50.5 Å². The number of halogens is 1. The Labute approximate surface area is 218 Å². The summed E-state index contributed by atoms with van der Waals surface area (Å²) in [5.74, 6) is -0.214. The number of hydrogen-bond acceptors (Lipinski definition) is 3. The summed E-state index contributed by atoms with van der Waals surface area (Å²) >= 11 is 0. The maximum absolute atomic E-state index is 13.1. The minimum Gasteiger partial charge on any atom is -0.438 e. The molecule has 2 amide bonds. The van der Waals surface area contributed by atoms with Crippen molar-refractivity contribution >= 4 is 12.0 Å². The highest BCUT2D eigenvalue weighted by atomic mass is 19.1. The molecule has 0 unspecified atom stereocenters. The van der Waals surface area contributed by atoms with E-state index in [-0.39, 0.29) is 11.7 Å². The highest BCUT2D eigenvalue weighted by Crippen LogP contribution is 2.37. The average molecular weight is 503 g/mol. The molecule has 3 aromatic rings. The third-order valence-corrected chi connectivity index (χ3v) is 7.06. The number of benzene rings is 3. The molecule has 5 nitrogen and oxygen atoms in total. The Bertz CT molecular complexity index is 1130. The first-order chi connectivity index (χ1) is 18.0. The highest BCUT2D eigenvalue weighted by Gasteiger charge is 2.40. The number of likely N-dealkylation sites (tertiary alicyclic amines) is 1. The average Bonchev–Trinajstić information content (AvgIpc) is 2.94. The van der Waals surface area contributed by atoms with Gasteiger partial charge in [0.05, 0.1) is 0 Å². The Morgan fingerprint density at radius 1 is 0.811 bits per heavy atom. The van der Waals surface area contributed by atoms with Crippen LogP contribution in [0.1, 0.15) is 48.8 Å². The van der Waals surface area contributed by atoms with E-state index in [1.807, 2.05) is 53.4 Å². The SMILES string of the molecule is O=C(NCCCCc1ccccc1)OC1(c2ccccc2)CCN(C(=O)CCc2ccc(F)cc2)CC1. The summed E-state index contributed by atoms with van der Waals surface area (Å²) in [4.78, 5) is 27.5. The van der Waals surface area contributed by atoms with Crippen LogP contribution in [0.15, 0.2) is 84.9 Å². The van der Waals surface area contributed by atoms with Crippen LogP contribution in [0.5, 0.6) is 0 Å². The molecule has 0 spiro atoms. The second-order valence-electron chi connectivity index (χ2n) is 9.63. The lowest BCUT2D eigenvalue weighted by Crippen LogP contribution is -2.48. The number of rotatable bonds is 10. The molecule has 0 saturated carbocycles. The number of hydrogen-bond donors (Lipinski definition) is 1. The number of carbonyl (C=O) groups excluding carboxylic acids is 2. The second-order valence-corrected chi connectivity index (χ2v) is 9.63. The number of amides is 2. The summed E-state index contributed by atoms with van der Waals surface area (Å²) in [5.41, 5.74) is 2.43. The van der Waals surface area contributed by atoms with Crippen molar-refractivity contribution in [3.8, 4) is 0 Å². The molecule has 1 fully saturated rings. The molecule has 194 valence electrons. The Hall–Kier alpha value is -3.67. The van der Waals surface area contributed by atoms with E-state index < -0.39 is 11.7 Å². The Morgan fingerprint density at radius 2 is 1.43 bits per heavy atom. The maximum atomic E-state index is 13.1. The van der Waals surface area contributed by atoms with E-state index in [1.165, 1.54) is 17.7 Å². The van der Waals surface area contributed by atoms with Gasteiger partial charge in [-0.15, -0.1) is 0 Å². The first kappa shape index (κ1) is 26.4. The first-order valence-corrected chi connectivity index (χ1v) is 13.1. The van der Waals surface area contributed by atoms with Gasteiger partial charge in [0.15, 0.2) is 0 Å². The molecule has 1 N–H and O–H groups in total. The van der Waals surface area contributed by atoms with Gasteiger partial charge in [-0.25, -0.2) is 9.18 Å². The normalized spacial score (nSPS) is 14.7. The van der Waals surface area contributed by atoms with E-state index in [9.17, 15) is 14.0 Å². The Morgan fingerprint density at radius 3 is 2.11 bits per heavy atom. The quantitative estimate of drug-likeness (QED) is 0.345. The van der Waals surface area contributed by atoms with Gasteiger partial charge in [0, 0.05) is 38.9 Å². The van der Waals surface area contributed by atoms with Crippen molar-refractivity contribution in [2.24, 2.45) is 0 Å². The van der Waals surface area contributed by atoms with Crippen molar-refractivity contribution in [2.75, 3.05) is 19.6 Å². The second kappa shape index (κ2) is 13.0. The zero-order valence-electron chi connectivity index (χ0n) is 21.2. The molecule has 0 aromatic heterocycles. The number of nitrogens with one attached hydrogen (secondary N) is 1. The van der Waals surface area contributed by atoms with Gasteiger partial charge in [-0.05, 0) is 54.5 Å². The number of aryl methyl sites for hydroxylation is 2. The van der Waals surface area contributed by atoms with Crippen molar-refractivity contribution < 1.29 is 18.7 Å². The number of nitrogens with zero attached hydrogens (tertiary/aromatic N) is 1. The largest absolute Gasteiger partial charge is 0.438 e. The van der Waals surface area contributed by atoms with E-state index in [1.54, 1.807) is 12.1 Å². The van der Waals surface area contributed by atoms with Crippen LogP contribution in [-0.4, -0.2) is 36.5 Å². The van der Waals surface area contributed by atoms with Gasteiger partial charge >= 0.3 is 6.09 Å². The predicted molar refractivity (Wildman–Crippen MR) is 143 cm³/mol. The molecule has 0 aliphatic carbocycles. The Balaban J connectivity index is 1.27. The maximum Gasteiger partial charge on any atom is 0.408 e. The summed E-state index contributed by atoms with van der Waals surface area (Å²) in [7, 11) is 0. The van der Waals surface area contributed by atoms with Crippen molar-refractivity contribution in [3.05, 3.63) is 107 Å². The molecule has 6 heteroatoms. The zero-order valence-corrected chi connectivity index (χ0v) is 21.2. The molecule has 1 aliphatic heterocycles. The molecular weight excluding hydrogens is 467 g/mol. The summed E-state index contributed by atoms with van der Waals surface area (Å²) in [6, 6.07) is 26.4. The molecule has 0 radical (unpaired) electrons. The molecular formula is C31H35FN2O3. The number of unbranched alkanes of at least 4 members (excludes halogenated alkanes) is 1. The fourth-order valence-electron chi connectivity index (χ4n) is 4.87.